The lowest BCUT2D eigenvalue weighted by Gasteiger charge is -2.34. The molecule has 0 spiro atoms. The van der Waals surface area contributed by atoms with Crippen molar-refractivity contribution in [2.75, 3.05) is 27.2 Å². The van der Waals surface area contributed by atoms with Crippen LogP contribution in [0, 0.1) is 0 Å². The molecule has 6 heteroatoms. The van der Waals surface area contributed by atoms with Gasteiger partial charge in [0.2, 0.25) is 0 Å². The molecule has 1 aromatic heterocycles. The average Bonchev–Trinajstić information content (AvgIpc) is 2.88. The molecule has 1 aliphatic heterocycles. The van der Waals surface area contributed by atoms with Crippen molar-refractivity contribution in [1.82, 2.24) is 20.0 Å². The number of nitrogens with zero attached hydrogens (tertiary/aromatic N) is 4. The first-order chi connectivity index (χ1) is 16.5. The van der Waals surface area contributed by atoms with E-state index in [4.69, 9.17) is 4.74 Å². The van der Waals surface area contributed by atoms with E-state index >= 15 is 0 Å². The number of aromatic nitrogens is 2. The molecule has 1 saturated heterocycles. The Morgan fingerprint density at radius 3 is 2.44 bits per heavy atom. The summed E-state index contributed by atoms with van der Waals surface area (Å²) in [6.45, 7) is 4.22. The fourth-order valence-corrected chi connectivity index (χ4v) is 5.12. The maximum absolute atomic E-state index is 13.3. The summed E-state index contributed by atoms with van der Waals surface area (Å²) in [7, 11) is 4.04. The molecular formula is C28H40N4O2. The molecule has 1 aromatic carbocycles. The molecule has 4 rings (SSSR count). The standard InChI is InChI=1S/C28H40N4O2/c1-4-5-11-26-25(21-12-14-24(15-13-21)34-23-9-7-6-8-10-23)20-27(30-29-26)28(33)32(3)22-16-18-31(2)19-17-22/h12-15,20,22-23H,4-11,16-19H2,1-3H3. The second-order valence-electron chi connectivity index (χ2n) is 10.0. The molecule has 2 aromatic rings. The zero-order valence-corrected chi connectivity index (χ0v) is 21.1. The van der Waals surface area contributed by atoms with Crippen molar-refractivity contribution in [2.24, 2.45) is 0 Å². The molecule has 6 nitrogen and oxygen atoms in total. The lowest BCUT2D eigenvalue weighted by molar-refractivity contribution is 0.0652. The van der Waals surface area contributed by atoms with E-state index in [1.165, 1.54) is 19.3 Å². The number of ether oxygens (including phenoxy) is 1. The molecule has 0 radical (unpaired) electrons. The third kappa shape index (κ3) is 6.15. The Hall–Kier alpha value is -2.47. The van der Waals surface area contributed by atoms with E-state index in [1.54, 1.807) is 0 Å². The van der Waals surface area contributed by atoms with E-state index in [0.717, 1.165) is 80.6 Å². The summed E-state index contributed by atoms with van der Waals surface area (Å²) in [6.07, 6.45) is 11.5. The van der Waals surface area contributed by atoms with Crippen LogP contribution in [0.5, 0.6) is 5.75 Å². The summed E-state index contributed by atoms with van der Waals surface area (Å²) in [5.74, 6) is 0.883. The Balaban J connectivity index is 1.53. The van der Waals surface area contributed by atoms with Gasteiger partial charge in [0, 0.05) is 18.7 Å². The van der Waals surface area contributed by atoms with Crippen LogP contribution < -0.4 is 4.74 Å². The van der Waals surface area contributed by atoms with Crippen LogP contribution in [-0.2, 0) is 6.42 Å². The third-order valence-electron chi connectivity index (χ3n) is 7.43. The number of benzene rings is 1. The van der Waals surface area contributed by atoms with E-state index in [1.807, 2.05) is 18.0 Å². The highest BCUT2D eigenvalue weighted by Gasteiger charge is 2.26. The zero-order valence-electron chi connectivity index (χ0n) is 21.1. The Morgan fingerprint density at radius 2 is 1.76 bits per heavy atom. The van der Waals surface area contributed by atoms with Crippen LogP contribution in [0.3, 0.4) is 0 Å². The van der Waals surface area contributed by atoms with Crippen LogP contribution in [0.1, 0.15) is 80.9 Å². The van der Waals surface area contributed by atoms with Crippen LogP contribution in [0.4, 0.5) is 0 Å². The number of likely N-dealkylation sites (tertiary alicyclic amines) is 1. The van der Waals surface area contributed by atoms with Gasteiger partial charge in [0.05, 0.1) is 11.8 Å². The lowest BCUT2D eigenvalue weighted by Crippen LogP contribution is -2.44. The largest absolute Gasteiger partial charge is 0.490 e. The summed E-state index contributed by atoms with van der Waals surface area (Å²) in [5, 5.41) is 8.90. The molecular weight excluding hydrogens is 424 g/mol. The number of aryl methyl sites for hydroxylation is 1. The summed E-state index contributed by atoms with van der Waals surface area (Å²) >= 11 is 0. The molecule has 2 heterocycles. The van der Waals surface area contributed by atoms with Crippen molar-refractivity contribution in [3.8, 4) is 16.9 Å². The number of rotatable bonds is 8. The van der Waals surface area contributed by atoms with Crippen molar-refractivity contribution in [3.05, 3.63) is 41.7 Å². The second kappa shape index (κ2) is 11.8. The number of hydrogen-bond donors (Lipinski definition) is 0. The Kier molecular flexibility index (Phi) is 8.54. The molecule has 1 saturated carbocycles. The SMILES string of the molecule is CCCCc1nnc(C(=O)N(C)C2CCN(C)CC2)cc1-c1ccc(OC2CCCCC2)cc1. The molecule has 1 amide bonds. The normalized spacial score (nSPS) is 18.1. The van der Waals surface area contributed by atoms with Crippen LogP contribution >= 0.6 is 0 Å². The monoisotopic (exact) mass is 464 g/mol. The highest BCUT2D eigenvalue weighted by atomic mass is 16.5. The maximum Gasteiger partial charge on any atom is 0.274 e. The van der Waals surface area contributed by atoms with Gasteiger partial charge >= 0.3 is 0 Å². The number of amides is 1. The molecule has 2 fully saturated rings. The minimum absolute atomic E-state index is 0.0393. The minimum Gasteiger partial charge on any atom is -0.490 e. The highest BCUT2D eigenvalue weighted by molar-refractivity contribution is 5.93. The van der Waals surface area contributed by atoms with Gasteiger partial charge in [-0.15, -0.1) is 5.10 Å². The molecule has 0 bridgehead atoms. The van der Waals surface area contributed by atoms with Gasteiger partial charge in [-0.25, -0.2) is 0 Å². The molecule has 2 aliphatic rings. The first-order valence-electron chi connectivity index (χ1n) is 13.1. The van der Waals surface area contributed by atoms with Crippen molar-refractivity contribution in [1.29, 1.82) is 0 Å². The summed E-state index contributed by atoms with van der Waals surface area (Å²) < 4.78 is 6.22. The van der Waals surface area contributed by atoms with E-state index in [-0.39, 0.29) is 11.9 Å². The lowest BCUT2D eigenvalue weighted by atomic mass is 9.97. The van der Waals surface area contributed by atoms with Crippen molar-refractivity contribution in [2.45, 2.75) is 83.3 Å². The van der Waals surface area contributed by atoms with Gasteiger partial charge in [0.25, 0.3) is 5.91 Å². The van der Waals surface area contributed by atoms with Gasteiger partial charge in [-0.05, 0) is 95.3 Å². The molecule has 34 heavy (non-hydrogen) atoms. The Labute approximate surface area is 204 Å². The predicted octanol–water partition coefficient (Wildman–Crippen LogP) is 5.36. The third-order valence-corrected chi connectivity index (χ3v) is 7.43. The number of carbonyl (C=O) groups is 1. The van der Waals surface area contributed by atoms with Gasteiger partial charge in [-0.2, -0.15) is 5.10 Å². The second-order valence-corrected chi connectivity index (χ2v) is 10.0. The molecule has 0 unspecified atom stereocenters. The Morgan fingerprint density at radius 1 is 1.06 bits per heavy atom. The molecule has 0 atom stereocenters. The maximum atomic E-state index is 13.3. The predicted molar refractivity (Wildman–Crippen MR) is 136 cm³/mol. The first kappa shape index (κ1) is 24.6. The van der Waals surface area contributed by atoms with Crippen LogP contribution in [-0.4, -0.2) is 65.2 Å². The topological polar surface area (TPSA) is 58.6 Å². The molecule has 0 N–H and O–H groups in total. The number of carbonyl (C=O) groups excluding carboxylic acids is 1. The van der Waals surface area contributed by atoms with Crippen molar-refractivity contribution in [3.63, 3.8) is 0 Å². The van der Waals surface area contributed by atoms with E-state index < -0.39 is 0 Å². The summed E-state index contributed by atoms with van der Waals surface area (Å²) in [5.41, 5.74) is 3.46. The minimum atomic E-state index is -0.0393. The van der Waals surface area contributed by atoms with Crippen molar-refractivity contribution < 1.29 is 9.53 Å². The fraction of sp³-hybridized carbons (Fsp3) is 0.607. The zero-order chi connectivity index (χ0) is 23.9. The van der Waals surface area contributed by atoms with Gasteiger partial charge in [-0.3, -0.25) is 4.79 Å². The average molecular weight is 465 g/mol. The van der Waals surface area contributed by atoms with Gasteiger partial charge in [0.1, 0.15) is 5.75 Å². The van der Waals surface area contributed by atoms with E-state index in [9.17, 15) is 4.79 Å². The number of piperidine rings is 1. The highest BCUT2D eigenvalue weighted by Crippen LogP contribution is 2.29. The van der Waals surface area contributed by atoms with Crippen molar-refractivity contribution >= 4 is 5.91 Å². The van der Waals surface area contributed by atoms with Crippen LogP contribution in [0.2, 0.25) is 0 Å². The van der Waals surface area contributed by atoms with Gasteiger partial charge < -0.3 is 14.5 Å². The van der Waals surface area contributed by atoms with E-state index in [2.05, 4.69) is 53.3 Å². The molecule has 184 valence electrons. The molecule has 1 aliphatic carbocycles. The van der Waals surface area contributed by atoms with Crippen LogP contribution in [0.25, 0.3) is 11.1 Å². The number of unbranched alkanes of at least 4 members (excludes halogenated alkanes) is 1. The van der Waals surface area contributed by atoms with E-state index in [0.29, 0.717) is 11.8 Å². The summed E-state index contributed by atoms with van der Waals surface area (Å²) in [6, 6.07) is 10.5. The first-order valence-corrected chi connectivity index (χ1v) is 13.1. The fourth-order valence-electron chi connectivity index (χ4n) is 5.12. The smallest absolute Gasteiger partial charge is 0.274 e. The quantitative estimate of drug-likeness (QED) is 0.526. The number of hydrogen-bond acceptors (Lipinski definition) is 5. The Bertz CT molecular complexity index is 932. The van der Waals surface area contributed by atoms with Gasteiger partial charge in [-0.1, -0.05) is 31.9 Å². The van der Waals surface area contributed by atoms with Gasteiger partial charge in [0.15, 0.2) is 5.69 Å². The van der Waals surface area contributed by atoms with Crippen LogP contribution in [0.15, 0.2) is 30.3 Å². The summed E-state index contributed by atoms with van der Waals surface area (Å²) in [4.78, 5) is 17.5.